The summed E-state index contributed by atoms with van der Waals surface area (Å²) in [6.07, 6.45) is 0.666. The summed E-state index contributed by atoms with van der Waals surface area (Å²) >= 11 is 3.19. The van der Waals surface area contributed by atoms with Gasteiger partial charge in [0.2, 0.25) is 6.17 Å². The van der Waals surface area contributed by atoms with Gasteiger partial charge in [0.1, 0.15) is 11.8 Å². The maximum Gasteiger partial charge on any atom is 0.228 e. The minimum absolute atomic E-state index is 0.0397. The van der Waals surface area contributed by atoms with Crippen LogP contribution in [0.2, 0.25) is 0 Å². The summed E-state index contributed by atoms with van der Waals surface area (Å²) in [5, 5.41) is 12.6. The Morgan fingerprint density at radius 1 is 1.80 bits per heavy atom. The Morgan fingerprint density at radius 3 is 3.20 bits per heavy atom. The summed E-state index contributed by atoms with van der Waals surface area (Å²) in [5.41, 5.74) is 0.285. The van der Waals surface area contributed by atoms with Crippen molar-refractivity contribution in [1.82, 2.24) is 9.78 Å². The van der Waals surface area contributed by atoms with E-state index >= 15 is 0 Å². The number of ether oxygens (including phenoxy) is 1. The first-order chi connectivity index (χ1) is 7.24. The molecule has 2 unspecified atom stereocenters. The normalized spacial score (nSPS) is 22.6. The molecule has 1 aliphatic heterocycles. The zero-order chi connectivity index (χ0) is 10.8. The van der Waals surface area contributed by atoms with E-state index in [2.05, 4.69) is 21.0 Å². The molecular formula is C9H9BrFN3O. The number of nitrogens with zero attached hydrogens (tertiary/aromatic N) is 3. The largest absolute Gasteiger partial charge is 0.379 e. The van der Waals surface area contributed by atoms with Crippen LogP contribution >= 0.6 is 15.9 Å². The molecule has 1 fully saturated rings. The summed E-state index contributed by atoms with van der Waals surface area (Å²) in [7, 11) is 0. The molecule has 80 valence electrons. The molecular weight excluding hydrogens is 265 g/mol. The molecule has 1 aliphatic rings. The molecule has 0 amide bonds. The molecule has 2 heterocycles. The van der Waals surface area contributed by atoms with E-state index < -0.39 is 6.17 Å². The molecule has 1 saturated heterocycles. The van der Waals surface area contributed by atoms with Gasteiger partial charge in [-0.15, -0.1) is 0 Å². The van der Waals surface area contributed by atoms with Crippen LogP contribution in [0, 0.1) is 11.3 Å². The fourth-order valence-electron chi connectivity index (χ4n) is 1.65. The minimum Gasteiger partial charge on any atom is -0.379 e. The lowest BCUT2D eigenvalue weighted by Crippen LogP contribution is -2.14. The molecule has 4 nitrogen and oxygen atoms in total. The van der Waals surface area contributed by atoms with E-state index in [4.69, 9.17) is 10.00 Å². The molecule has 0 radical (unpaired) electrons. The van der Waals surface area contributed by atoms with Crippen molar-refractivity contribution in [2.45, 2.75) is 18.6 Å². The molecule has 2 atom stereocenters. The second kappa shape index (κ2) is 4.29. The lowest BCUT2D eigenvalue weighted by Gasteiger charge is -2.12. The molecule has 0 bridgehead atoms. The van der Waals surface area contributed by atoms with Crippen LogP contribution in [0.4, 0.5) is 4.39 Å². The number of halogens is 2. The second-order valence-electron chi connectivity index (χ2n) is 3.33. The molecule has 6 heteroatoms. The number of aromatic nitrogens is 2. The highest BCUT2D eigenvalue weighted by atomic mass is 79.9. The fraction of sp³-hybridized carbons (Fsp3) is 0.556. The van der Waals surface area contributed by atoms with Gasteiger partial charge >= 0.3 is 0 Å². The monoisotopic (exact) mass is 273 g/mol. The van der Waals surface area contributed by atoms with Gasteiger partial charge in [0.25, 0.3) is 0 Å². The van der Waals surface area contributed by atoms with Gasteiger partial charge in [0.15, 0.2) is 0 Å². The van der Waals surface area contributed by atoms with E-state index in [1.54, 1.807) is 10.8 Å². The number of alkyl halides is 1. The van der Waals surface area contributed by atoms with E-state index in [9.17, 15) is 4.39 Å². The molecule has 1 aromatic rings. The molecule has 0 spiro atoms. The van der Waals surface area contributed by atoms with Gasteiger partial charge in [0.05, 0.1) is 23.3 Å². The van der Waals surface area contributed by atoms with E-state index in [0.29, 0.717) is 17.7 Å². The highest BCUT2D eigenvalue weighted by molar-refractivity contribution is 9.10. The van der Waals surface area contributed by atoms with Crippen molar-refractivity contribution in [2.24, 2.45) is 0 Å². The maximum absolute atomic E-state index is 13.4. The lowest BCUT2D eigenvalue weighted by molar-refractivity contribution is 0.183. The Bertz CT molecular complexity index is 395. The maximum atomic E-state index is 13.4. The smallest absolute Gasteiger partial charge is 0.228 e. The number of nitriles is 1. The SMILES string of the molecule is N#CC(F)c1c(Br)cnn1C1CCOC1. The van der Waals surface area contributed by atoms with Crippen molar-refractivity contribution in [2.75, 3.05) is 13.2 Å². The Labute approximate surface area is 94.8 Å². The predicted octanol–water partition coefficient (Wildman–Crippen LogP) is 2.14. The molecule has 2 rings (SSSR count). The van der Waals surface area contributed by atoms with Gasteiger partial charge in [-0.2, -0.15) is 10.4 Å². The number of hydrogen-bond acceptors (Lipinski definition) is 3. The predicted molar refractivity (Wildman–Crippen MR) is 53.9 cm³/mol. The van der Waals surface area contributed by atoms with Crippen LogP contribution in [0.25, 0.3) is 0 Å². The minimum atomic E-state index is -1.65. The summed E-state index contributed by atoms with van der Waals surface area (Å²) in [6, 6.07) is 1.61. The van der Waals surface area contributed by atoms with Gasteiger partial charge < -0.3 is 4.74 Å². The zero-order valence-corrected chi connectivity index (χ0v) is 9.45. The third-order valence-electron chi connectivity index (χ3n) is 2.39. The number of hydrogen-bond donors (Lipinski definition) is 0. The van der Waals surface area contributed by atoms with Crippen molar-refractivity contribution in [3.05, 3.63) is 16.4 Å². The van der Waals surface area contributed by atoms with Gasteiger partial charge in [-0.3, -0.25) is 4.68 Å². The lowest BCUT2D eigenvalue weighted by atomic mass is 10.2. The third kappa shape index (κ3) is 1.90. The average Bonchev–Trinajstić information content (AvgIpc) is 2.85. The van der Waals surface area contributed by atoms with Crippen molar-refractivity contribution in [1.29, 1.82) is 5.26 Å². The van der Waals surface area contributed by atoms with Crippen molar-refractivity contribution in [3.8, 4) is 6.07 Å². The first-order valence-electron chi connectivity index (χ1n) is 4.58. The van der Waals surface area contributed by atoms with Crippen LogP contribution in [-0.2, 0) is 4.74 Å². The Balaban J connectivity index is 2.35. The number of rotatable bonds is 2. The van der Waals surface area contributed by atoms with Crippen LogP contribution in [-0.4, -0.2) is 23.0 Å². The summed E-state index contributed by atoms with van der Waals surface area (Å²) in [6.45, 7) is 1.18. The summed E-state index contributed by atoms with van der Waals surface area (Å²) < 4.78 is 20.7. The van der Waals surface area contributed by atoms with E-state index in [-0.39, 0.29) is 11.7 Å². The Hall–Kier alpha value is -0.930. The van der Waals surface area contributed by atoms with Gasteiger partial charge in [0, 0.05) is 6.61 Å². The highest BCUT2D eigenvalue weighted by Gasteiger charge is 2.26. The quantitative estimate of drug-likeness (QED) is 0.830. The van der Waals surface area contributed by atoms with Crippen LogP contribution in [0.15, 0.2) is 10.7 Å². The zero-order valence-electron chi connectivity index (χ0n) is 7.86. The van der Waals surface area contributed by atoms with E-state index in [0.717, 1.165) is 6.42 Å². The summed E-state index contributed by atoms with van der Waals surface area (Å²) in [4.78, 5) is 0. The molecule has 0 aliphatic carbocycles. The second-order valence-corrected chi connectivity index (χ2v) is 4.19. The van der Waals surface area contributed by atoms with E-state index in [1.807, 2.05) is 0 Å². The van der Waals surface area contributed by atoms with Crippen molar-refractivity contribution >= 4 is 15.9 Å². The fourth-order valence-corrected chi connectivity index (χ4v) is 2.13. The van der Waals surface area contributed by atoms with Crippen LogP contribution in [0.5, 0.6) is 0 Å². The molecule has 0 aromatic carbocycles. The average molecular weight is 274 g/mol. The molecule has 1 aromatic heterocycles. The third-order valence-corrected chi connectivity index (χ3v) is 3.00. The van der Waals surface area contributed by atoms with Crippen LogP contribution in [0.1, 0.15) is 24.3 Å². The topological polar surface area (TPSA) is 50.8 Å². The van der Waals surface area contributed by atoms with Gasteiger partial charge in [-0.05, 0) is 22.4 Å². The van der Waals surface area contributed by atoms with Crippen molar-refractivity contribution in [3.63, 3.8) is 0 Å². The first-order valence-corrected chi connectivity index (χ1v) is 5.37. The van der Waals surface area contributed by atoms with Gasteiger partial charge in [-0.1, -0.05) is 0 Å². The first kappa shape index (κ1) is 10.6. The molecule has 0 saturated carbocycles. The Kier molecular flexibility index (Phi) is 3.03. The molecule has 15 heavy (non-hydrogen) atoms. The van der Waals surface area contributed by atoms with Crippen molar-refractivity contribution < 1.29 is 9.13 Å². The summed E-state index contributed by atoms with van der Waals surface area (Å²) in [5.74, 6) is 0. The van der Waals surface area contributed by atoms with Gasteiger partial charge in [-0.25, -0.2) is 4.39 Å². The molecule has 0 N–H and O–H groups in total. The highest BCUT2D eigenvalue weighted by Crippen LogP contribution is 2.30. The van der Waals surface area contributed by atoms with Crippen LogP contribution in [0.3, 0.4) is 0 Å². The standard InChI is InChI=1S/C9H9BrFN3O/c10-7-4-13-14(6-1-2-15-5-6)9(7)8(11)3-12/h4,6,8H,1-2,5H2. The van der Waals surface area contributed by atoms with Crippen LogP contribution < -0.4 is 0 Å². The van der Waals surface area contributed by atoms with E-state index in [1.165, 1.54) is 6.20 Å². The Morgan fingerprint density at radius 2 is 2.60 bits per heavy atom.